The molecule has 10 nitrogen and oxygen atoms in total. The average Bonchev–Trinajstić information content (AvgIpc) is 3.41. The van der Waals surface area contributed by atoms with E-state index in [9.17, 15) is 13.2 Å². The monoisotopic (exact) mass is 446 g/mol. The molecule has 0 aliphatic carbocycles. The molecule has 164 valence electrons. The Hall–Kier alpha value is -3.18. The van der Waals surface area contributed by atoms with Gasteiger partial charge < -0.3 is 13.7 Å². The minimum atomic E-state index is -3.84. The maximum atomic E-state index is 12.9. The molecule has 3 aromatic rings. The third kappa shape index (κ3) is 4.62. The zero-order chi connectivity index (χ0) is 22.0. The Morgan fingerprint density at radius 2 is 2.13 bits per heavy atom. The molecule has 1 aromatic carbocycles. The number of aromatic nitrogens is 2. The van der Waals surface area contributed by atoms with Gasteiger partial charge in [0, 0.05) is 18.9 Å². The van der Waals surface area contributed by atoms with Gasteiger partial charge in [0.2, 0.25) is 15.9 Å². The fourth-order valence-corrected chi connectivity index (χ4v) is 4.53. The quantitative estimate of drug-likeness (QED) is 0.557. The second-order valence-electron chi connectivity index (χ2n) is 7.16. The second kappa shape index (κ2) is 8.52. The summed E-state index contributed by atoms with van der Waals surface area (Å²) in [5, 5.41) is 3.87. The molecule has 11 heteroatoms. The van der Waals surface area contributed by atoms with Crippen molar-refractivity contribution in [3.8, 4) is 5.75 Å². The highest BCUT2D eigenvalue weighted by Gasteiger charge is 2.29. The molecule has 1 N–H and O–H groups in total. The lowest BCUT2D eigenvalue weighted by Gasteiger charge is -2.29. The van der Waals surface area contributed by atoms with E-state index in [1.165, 1.54) is 23.1 Å². The molecule has 3 heterocycles. The van der Waals surface area contributed by atoms with Crippen molar-refractivity contribution < 1.29 is 26.9 Å². The third-order valence-corrected chi connectivity index (χ3v) is 6.33. The third-order valence-electron chi connectivity index (χ3n) is 4.74. The van der Waals surface area contributed by atoms with Gasteiger partial charge in [0.25, 0.3) is 5.91 Å². The van der Waals surface area contributed by atoms with Crippen LogP contribution in [0.15, 0.2) is 50.4 Å². The number of furan rings is 1. The number of hydrogen-bond acceptors (Lipinski definition) is 8. The Balaban J connectivity index is 1.58. The average molecular weight is 446 g/mol. The Morgan fingerprint density at radius 3 is 2.84 bits per heavy atom. The molecular formula is C20H22N4O6S. The topological polar surface area (TPSA) is 128 Å². The van der Waals surface area contributed by atoms with E-state index in [2.05, 4.69) is 14.9 Å². The number of ether oxygens (including phenoxy) is 1. The Kier molecular flexibility index (Phi) is 5.79. The Labute approximate surface area is 179 Å². The van der Waals surface area contributed by atoms with Crippen molar-refractivity contribution in [2.75, 3.05) is 11.5 Å². The molecule has 2 aromatic heterocycles. The van der Waals surface area contributed by atoms with E-state index in [4.69, 9.17) is 13.7 Å². The number of hydrogen-bond donors (Lipinski definition) is 1. The van der Waals surface area contributed by atoms with Crippen molar-refractivity contribution in [2.24, 2.45) is 0 Å². The van der Waals surface area contributed by atoms with Gasteiger partial charge in [0.15, 0.2) is 12.4 Å². The molecule has 1 amide bonds. The van der Waals surface area contributed by atoms with Crippen LogP contribution in [0.2, 0.25) is 0 Å². The van der Waals surface area contributed by atoms with Crippen LogP contribution in [0, 0.1) is 0 Å². The van der Waals surface area contributed by atoms with Crippen molar-refractivity contribution in [1.82, 2.24) is 14.9 Å². The summed E-state index contributed by atoms with van der Waals surface area (Å²) >= 11 is 0. The number of nitrogens with one attached hydrogen (secondary N) is 1. The molecule has 0 spiro atoms. The van der Waals surface area contributed by atoms with Gasteiger partial charge in [-0.1, -0.05) is 12.1 Å². The number of amides is 1. The molecular weight excluding hydrogens is 424 g/mol. The van der Waals surface area contributed by atoms with Crippen molar-refractivity contribution in [2.45, 2.75) is 44.2 Å². The van der Waals surface area contributed by atoms with Gasteiger partial charge in [-0.05, 0) is 37.3 Å². The smallest absolute Gasteiger partial charge is 0.265 e. The number of carbonyl (C=O) groups is 1. The minimum Gasteiger partial charge on any atom is -0.482 e. The van der Waals surface area contributed by atoms with Crippen LogP contribution >= 0.6 is 0 Å². The normalized spacial score (nSPS) is 14.9. The van der Waals surface area contributed by atoms with Crippen LogP contribution in [0.3, 0.4) is 0 Å². The summed E-state index contributed by atoms with van der Waals surface area (Å²) in [5.41, 5.74) is 0.334. The van der Waals surface area contributed by atoms with Crippen LogP contribution in [0.25, 0.3) is 0 Å². The van der Waals surface area contributed by atoms with E-state index >= 15 is 0 Å². The van der Waals surface area contributed by atoms with E-state index in [0.717, 1.165) is 0 Å². The number of benzene rings is 1. The fraction of sp³-hybridized carbons (Fsp3) is 0.350. The standard InChI is InChI=1S/C20H22N4O6S/c1-3-19-21-18(22-30-19)11-24-16-10-15(6-7-17(16)29-12-20(24)25)31(26,27)23-13(2)9-14-5-4-8-28-14/h4-8,10,13,23H,3,9,11-12H2,1-2H3/t13-/m1/s1. The summed E-state index contributed by atoms with van der Waals surface area (Å²) < 4.78 is 44.3. The van der Waals surface area contributed by atoms with Crippen molar-refractivity contribution in [3.05, 3.63) is 54.1 Å². The van der Waals surface area contributed by atoms with Gasteiger partial charge in [0.05, 0.1) is 23.4 Å². The predicted octanol–water partition coefficient (Wildman–Crippen LogP) is 2.06. The molecule has 0 saturated heterocycles. The molecule has 0 unspecified atom stereocenters. The number of aryl methyl sites for hydroxylation is 1. The SMILES string of the molecule is CCc1nc(CN2C(=O)COc3ccc(S(=O)(=O)N[C@H](C)Cc4ccco4)cc32)no1. The maximum Gasteiger partial charge on any atom is 0.265 e. The van der Waals surface area contributed by atoms with Crippen LogP contribution in [-0.4, -0.2) is 37.1 Å². The molecule has 1 atom stereocenters. The lowest BCUT2D eigenvalue weighted by atomic mass is 10.2. The van der Waals surface area contributed by atoms with Crippen molar-refractivity contribution in [3.63, 3.8) is 0 Å². The zero-order valence-corrected chi connectivity index (χ0v) is 17.9. The zero-order valence-electron chi connectivity index (χ0n) is 17.1. The van der Waals surface area contributed by atoms with Crippen LogP contribution in [0.4, 0.5) is 5.69 Å². The van der Waals surface area contributed by atoms with Crippen LogP contribution in [0.1, 0.15) is 31.3 Å². The number of rotatable bonds is 8. The number of sulfonamides is 1. The Bertz CT molecular complexity index is 1170. The van der Waals surface area contributed by atoms with Gasteiger partial charge >= 0.3 is 0 Å². The van der Waals surface area contributed by atoms with Crippen LogP contribution in [-0.2, 0) is 34.2 Å². The van der Waals surface area contributed by atoms with E-state index in [-0.39, 0.29) is 24.0 Å². The molecule has 1 aliphatic heterocycles. The molecule has 31 heavy (non-hydrogen) atoms. The van der Waals surface area contributed by atoms with Gasteiger partial charge in [-0.2, -0.15) is 4.98 Å². The first-order chi connectivity index (χ1) is 14.9. The summed E-state index contributed by atoms with van der Waals surface area (Å²) in [4.78, 5) is 18.1. The molecule has 1 aliphatic rings. The molecule has 0 saturated carbocycles. The molecule has 0 fully saturated rings. The largest absolute Gasteiger partial charge is 0.482 e. The first-order valence-electron chi connectivity index (χ1n) is 9.79. The second-order valence-corrected chi connectivity index (χ2v) is 8.88. The maximum absolute atomic E-state index is 12.9. The first-order valence-corrected chi connectivity index (χ1v) is 11.3. The van der Waals surface area contributed by atoms with Gasteiger partial charge in [-0.3, -0.25) is 9.69 Å². The fourth-order valence-electron chi connectivity index (χ4n) is 3.27. The first kappa shape index (κ1) is 21.1. The molecule has 0 bridgehead atoms. The summed E-state index contributed by atoms with van der Waals surface area (Å²) in [7, 11) is -3.84. The van der Waals surface area contributed by atoms with Gasteiger partial charge in [0.1, 0.15) is 11.5 Å². The number of fused-ring (bicyclic) bond motifs is 1. The van der Waals surface area contributed by atoms with E-state index in [1.807, 2.05) is 6.92 Å². The summed E-state index contributed by atoms with van der Waals surface area (Å²) in [6, 6.07) is 7.53. The summed E-state index contributed by atoms with van der Waals surface area (Å²) in [5.74, 6) is 1.54. The highest BCUT2D eigenvalue weighted by atomic mass is 32.2. The lowest BCUT2D eigenvalue weighted by molar-refractivity contribution is -0.121. The van der Waals surface area contributed by atoms with Crippen molar-refractivity contribution >= 4 is 21.6 Å². The highest BCUT2D eigenvalue weighted by molar-refractivity contribution is 7.89. The number of nitrogens with zero attached hydrogens (tertiary/aromatic N) is 3. The number of carbonyl (C=O) groups excluding carboxylic acids is 1. The summed E-state index contributed by atoms with van der Waals surface area (Å²) in [6.07, 6.45) is 2.52. The van der Waals surface area contributed by atoms with E-state index in [1.54, 1.807) is 25.3 Å². The number of anilines is 1. The summed E-state index contributed by atoms with van der Waals surface area (Å²) in [6.45, 7) is 3.52. The van der Waals surface area contributed by atoms with E-state index in [0.29, 0.717) is 41.8 Å². The van der Waals surface area contributed by atoms with Gasteiger partial charge in [-0.15, -0.1) is 0 Å². The lowest BCUT2D eigenvalue weighted by Crippen LogP contribution is -2.39. The van der Waals surface area contributed by atoms with Crippen LogP contribution < -0.4 is 14.4 Å². The molecule has 0 radical (unpaired) electrons. The highest BCUT2D eigenvalue weighted by Crippen LogP contribution is 2.35. The molecule has 4 rings (SSSR count). The minimum absolute atomic E-state index is 0.0169. The predicted molar refractivity (Wildman–Crippen MR) is 109 cm³/mol. The van der Waals surface area contributed by atoms with Crippen molar-refractivity contribution in [1.29, 1.82) is 0 Å². The van der Waals surface area contributed by atoms with Crippen LogP contribution in [0.5, 0.6) is 5.75 Å². The van der Waals surface area contributed by atoms with E-state index < -0.39 is 16.1 Å². The Morgan fingerprint density at radius 1 is 1.29 bits per heavy atom. The van der Waals surface area contributed by atoms with Gasteiger partial charge in [-0.25, -0.2) is 13.1 Å².